The molecule has 0 radical (unpaired) electrons. The lowest BCUT2D eigenvalue weighted by atomic mass is 9.73. The summed E-state index contributed by atoms with van der Waals surface area (Å²) >= 11 is 0. The minimum atomic E-state index is -1.39. The molecule has 0 bridgehead atoms. The molecule has 49 heavy (non-hydrogen) atoms. The maximum Gasteiger partial charge on any atom is 0.411 e. The van der Waals surface area contributed by atoms with Gasteiger partial charge in [0, 0.05) is 25.2 Å². The smallest absolute Gasteiger partial charge is 0.411 e. The second-order valence-electron chi connectivity index (χ2n) is 12.7. The Balaban J connectivity index is 1.13. The van der Waals surface area contributed by atoms with Crippen LogP contribution in [-0.4, -0.2) is 62.7 Å². The predicted molar refractivity (Wildman–Crippen MR) is 180 cm³/mol. The number of likely N-dealkylation sites (tertiary alicyclic amines) is 1. The second kappa shape index (κ2) is 11.8. The van der Waals surface area contributed by atoms with Crippen molar-refractivity contribution in [1.82, 2.24) is 19.8 Å². The molecule has 1 fully saturated rings. The Labute approximate surface area is 280 Å². The Morgan fingerprint density at radius 2 is 1.61 bits per heavy atom. The predicted octanol–water partition coefficient (Wildman–Crippen LogP) is 3.91. The Kier molecular flexibility index (Phi) is 7.28. The van der Waals surface area contributed by atoms with Crippen LogP contribution in [0.25, 0.3) is 11.0 Å². The number of hydrogen-bond acceptors (Lipinski definition) is 6. The third-order valence-corrected chi connectivity index (χ3v) is 9.91. The normalized spacial score (nSPS) is 20.9. The molecular weight excluding hydrogens is 624 g/mol. The third-order valence-electron chi connectivity index (χ3n) is 9.91. The number of para-hydroxylation sites is 2. The number of nitrogens with zero attached hydrogens (tertiary/aromatic N) is 2. The molecule has 2 unspecified atom stereocenters. The Bertz CT molecular complexity index is 2190. The monoisotopic (exact) mass is 656 g/mol. The van der Waals surface area contributed by atoms with E-state index in [-0.39, 0.29) is 44.5 Å². The van der Waals surface area contributed by atoms with Crippen molar-refractivity contribution in [2.45, 2.75) is 31.0 Å². The number of nitrogens with one attached hydrogen (secondary N) is 4. The number of carbonyl (C=O) groups is 4. The number of anilines is 2. The quantitative estimate of drug-likeness (QED) is 0.225. The molecule has 12 nitrogen and oxygen atoms in total. The molecule has 3 aliphatic heterocycles. The van der Waals surface area contributed by atoms with Gasteiger partial charge >= 0.3 is 11.8 Å². The number of hydrogen-bond donors (Lipinski definition) is 4. The molecule has 1 saturated heterocycles. The molecule has 1 aromatic heterocycles. The molecule has 3 aliphatic rings. The zero-order chi connectivity index (χ0) is 33.7. The Morgan fingerprint density at radius 3 is 2.45 bits per heavy atom. The van der Waals surface area contributed by atoms with Gasteiger partial charge in [-0.05, 0) is 40.5 Å². The maximum atomic E-state index is 14.6. The third kappa shape index (κ3) is 5.12. The first-order valence-corrected chi connectivity index (χ1v) is 16.1. The molecule has 4 amide bonds. The molecule has 0 aliphatic carbocycles. The van der Waals surface area contributed by atoms with Gasteiger partial charge in [0.2, 0.25) is 17.7 Å². The summed E-state index contributed by atoms with van der Waals surface area (Å²) < 4.78 is 5.71. The number of carbonyl (C=O) groups excluding carboxylic acids is 4. The highest BCUT2D eigenvalue weighted by atomic mass is 16.6. The SMILES string of the molecule is O=C(Nc1cccc2[nH]c(=O)[nH]c12)C1CN(C(=O)[C@H]2Cc3ccccc3CN2C(=O)OCc2ccccc2)CC12C(=O)Nc1ccccc12. The van der Waals surface area contributed by atoms with Crippen LogP contribution in [0.5, 0.6) is 0 Å². The van der Waals surface area contributed by atoms with Crippen LogP contribution in [0.2, 0.25) is 0 Å². The molecular formula is C37H32N6O6. The first-order chi connectivity index (χ1) is 23.8. The lowest BCUT2D eigenvalue weighted by molar-refractivity contribution is -0.136. The average Bonchev–Trinajstić information content (AvgIpc) is 3.80. The number of ether oxygens (including phenoxy) is 1. The van der Waals surface area contributed by atoms with Gasteiger partial charge < -0.3 is 30.2 Å². The van der Waals surface area contributed by atoms with Crippen molar-refractivity contribution in [3.63, 3.8) is 0 Å². The van der Waals surface area contributed by atoms with Crippen LogP contribution < -0.4 is 16.3 Å². The summed E-state index contributed by atoms with van der Waals surface area (Å²) in [4.78, 5) is 76.9. The van der Waals surface area contributed by atoms with Crippen LogP contribution in [-0.2, 0) is 44.1 Å². The standard InChI is InChI=1S/C37H32N6O6/c44-32(38-28-15-8-16-29-31(28)41-35(47)40-29)26-19-42(21-37(26)25-13-6-7-14-27(25)39-34(37)46)33(45)30-17-23-11-4-5-12-24(23)18-43(30)36(48)49-20-22-9-2-1-3-10-22/h1-16,26,30H,17-21H2,(H,38,44)(H,39,46)(H2,40,41,47)/t26?,30-,37?/m1/s1. The fourth-order valence-electron chi connectivity index (χ4n) is 7.50. The summed E-state index contributed by atoms with van der Waals surface area (Å²) in [5, 5.41) is 5.85. The van der Waals surface area contributed by atoms with Crippen LogP contribution >= 0.6 is 0 Å². The maximum absolute atomic E-state index is 14.6. The van der Waals surface area contributed by atoms with Crippen molar-refractivity contribution in [2.75, 3.05) is 23.7 Å². The van der Waals surface area contributed by atoms with E-state index in [0.717, 1.165) is 16.7 Å². The fraction of sp³-hybridized carbons (Fsp3) is 0.216. The lowest BCUT2D eigenvalue weighted by Gasteiger charge is -2.37. The second-order valence-corrected chi connectivity index (χ2v) is 12.7. The highest BCUT2D eigenvalue weighted by Crippen LogP contribution is 2.48. The summed E-state index contributed by atoms with van der Waals surface area (Å²) in [5.41, 5.74) is 3.36. The lowest BCUT2D eigenvalue weighted by Crippen LogP contribution is -2.54. The molecule has 12 heteroatoms. The zero-order valence-electron chi connectivity index (χ0n) is 26.3. The van der Waals surface area contributed by atoms with Gasteiger partial charge in [0.1, 0.15) is 18.1 Å². The van der Waals surface area contributed by atoms with Gasteiger partial charge in [-0.15, -0.1) is 0 Å². The summed E-state index contributed by atoms with van der Waals surface area (Å²) in [6, 6.07) is 28.3. The molecule has 246 valence electrons. The summed E-state index contributed by atoms with van der Waals surface area (Å²) in [5.74, 6) is -2.24. The van der Waals surface area contributed by atoms with E-state index in [9.17, 15) is 24.0 Å². The van der Waals surface area contributed by atoms with Crippen molar-refractivity contribution in [3.8, 4) is 0 Å². The topological polar surface area (TPSA) is 157 Å². The molecule has 1 spiro atoms. The number of aromatic nitrogens is 2. The van der Waals surface area contributed by atoms with Gasteiger partial charge in [0.05, 0.1) is 29.2 Å². The molecule has 4 heterocycles. The van der Waals surface area contributed by atoms with E-state index in [1.165, 1.54) is 9.80 Å². The molecule has 5 aromatic rings. The minimum Gasteiger partial charge on any atom is -0.445 e. The van der Waals surface area contributed by atoms with Crippen LogP contribution in [0, 0.1) is 5.92 Å². The highest BCUT2D eigenvalue weighted by molar-refractivity contribution is 6.12. The number of amides is 4. The molecule has 4 N–H and O–H groups in total. The first-order valence-electron chi connectivity index (χ1n) is 16.1. The Morgan fingerprint density at radius 1 is 0.857 bits per heavy atom. The largest absolute Gasteiger partial charge is 0.445 e. The molecule has 4 aromatic carbocycles. The van der Waals surface area contributed by atoms with E-state index in [4.69, 9.17) is 4.74 Å². The van der Waals surface area contributed by atoms with Crippen molar-refractivity contribution < 1.29 is 23.9 Å². The number of aromatic amines is 2. The van der Waals surface area contributed by atoms with E-state index >= 15 is 0 Å². The number of benzene rings is 4. The van der Waals surface area contributed by atoms with E-state index in [2.05, 4.69) is 20.6 Å². The number of H-pyrrole nitrogens is 2. The van der Waals surface area contributed by atoms with Crippen molar-refractivity contribution in [3.05, 3.63) is 130 Å². The summed E-state index contributed by atoms with van der Waals surface area (Å²) in [7, 11) is 0. The van der Waals surface area contributed by atoms with Gasteiger partial charge in [0.15, 0.2) is 0 Å². The van der Waals surface area contributed by atoms with E-state index in [1.54, 1.807) is 42.5 Å². The van der Waals surface area contributed by atoms with Crippen molar-refractivity contribution in [2.24, 2.45) is 5.92 Å². The van der Waals surface area contributed by atoms with Gasteiger partial charge in [-0.25, -0.2) is 9.59 Å². The number of rotatable bonds is 5. The van der Waals surface area contributed by atoms with E-state index < -0.39 is 35.1 Å². The average molecular weight is 657 g/mol. The minimum absolute atomic E-state index is 0.0456. The highest BCUT2D eigenvalue weighted by Gasteiger charge is 2.61. The van der Waals surface area contributed by atoms with E-state index in [1.807, 2.05) is 54.6 Å². The zero-order valence-corrected chi connectivity index (χ0v) is 26.3. The van der Waals surface area contributed by atoms with Crippen molar-refractivity contribution >= 4 is 46.2 Å². The fourth-order valence-corrected chi connectivity index (χ4v) is 7.50. The summed E-state index contributed by atoms with van der Waals surface area (Å²) in [6.45, 7) is 0.0787. The van der Waals surface area contributed by atoms with Gasteiger partial charge in [-0.2, -0.15) is 0 Å². The van der Waals surface area contributed by atoms with Crippen molar-refractivity contribution in [1.29, 1.82) is 0 Å². The van der Waals surface area contributed by atoms with Gasteiger partial charge in [-0.3, -0.25) is 19.3 Å². The summed E-state index contributed by atoms with van der Waals surface area (Å²) in [6.07, 6.45) is -0.376. The number of fused-ring (bicyclic) bond motifs is 4. The van der Waals surface area contributed by atoms with Gasteiger partial charge in [0.25, 0.3) is 0 Å². The number of imidazole rings is 1. The van der Waals surface area contributed by atoms with Crippen LogP contribution in [0.1, 0.15) is 22.3 Å². The molecule has 0 saturated carbocycles. The van der Waals surface area contributed by atoms with Crippen LogP contribution in [0.4, 0.5) is 16.2 Å². The van der Waals surface area contributed by atoms with Gasteiger partial charge in [-0.1, -0.05) is 78.9 Å². The molecule has 3 atom stereocenters. The van der Waals surface area contributed by atoms with Crippen LogP contribution in [0.15, 0.2) is 102 Å². The molecule has 8 rings (SSSR count). The van der Waals surface area contributed by atoms with Crippen LogP contribution in [0.3, 0.4) is 0 Å². The van der Waals surface area contributed by atoms with E-state index in [0.29, 0.717) is 28.0 Å². The first kappa shape index (κ1) is 30.2. The Hall–Kier alpha value is -6.17.